The number of ether oxygens (including phenoxy) is 1. The van der Waals surface area contributed by atoms with Gasteiger partial charge in [-0.25, -0.2) is 4.79 Å². The van der Waals surface area contributed by atoms with Gasteiger partial charge < -0.3 is 15.8 Å². The summed E-state index contributed by atoms with van der Waals surface area (Å²) < 4.78 is 4.88. The zero-order chi connectivity index (χ0) is 20.1. The number of aromatic nitrogens is 1. The van der Waals surface area contributed by atoms with Gasteiger partial charge in [-0.1, -0.05) is 24.3 Å². The molecule has 0 saturated heterocycles. The molecule has 0 aliphatic rings. The van der Waals surface area contributed by atoms with E-state index in [1.807, 2.05) is 6.92 Å². The van der Waals surface area contributed by atoms with E-state index in [1.165, 1.54) is 12.3 Å². The van der Waals surface area contributed by atoms with E-state index in [2.05, 4.69) is 10.3 Å². The number of rotatable bonds is 5. The van der Waals surface area contributed by atoms with Crippen molar-refractivity contribution in [1.82, 2.24) is 4.98 Å². The van der Waals surface area contributed by atoms with E-state index < -0.39 is 6.09 Å². The van der Waals surface area contributed by atoms with Crippen LogP contribution in [0.3, 0.4) is 0 Å². The number of carbonyl (C=O) groups excluding carboxylic acids is 3. The summed E-state index contributed by atoms with van der Waals surface area (Å²) in [5.41, 5.74) is 8.71. The molecule has 28 heavy (non-hydrogen) atoms. The number of anilines is 1. The number of nitrogens with two attached hydrogens (primary N) is 1. The average molecular weight is 375 g/mol. The first-order chi connectivity index (χ1) is 13.5. The monoisotopic (exact) mass is 375 g/mol. The van der Waals surface area contributed by atoms with Crippen LogP contribution < -0.4 is 15.8 Å². The number of para-hydroxylation sites is 2. The minimum Gasteiger partial charge on any atom is -0.408 e. The number of carbonyl (C=O) groups is 3. The highest BCUT2D eigenvalue weighted by atomic mass is 16.5. The maximum absolute atomic E-state index is 12.5. The van der Waals surface area contributed by atoms with Gasteiger partial charge in [-0.3, -0.25) is 14.6 Å². The zero-order valence-electron chi connectivity index (χ0n) is 15.0. The van der Waals surface area contributed by atoms with Crippen LogP contribution in [0.4, 0.5) is 10.5 Å². The molecule has 0 unspecified atom stereocenters. The van der Waals surface area contributed by atoms with Crippen molar-refractivity contribution in [3.8, 4) is 17.0 Å². The van der Waals surface area contributed by atoms with Gasteiger partial charge in [0, 0.05) is 22.9 Å². The quantitative estimate of drug-likeness (QED) is 0.662. The second kappa shape index (κ2) is 8.13. The molecule has 0 radical (unpaired) electrons. The largest absolute Gasteiger partial charge is 0.410 e. The standard InChI is InChI=1S/C21H17N3O4/c1-13-10-14(12-25)11-23-19(13)15-6-8-16(9-7-15)20(26)24-17-4-2-3-5-18(17)28-21(22)27/h2-12H,1H3,(H2,22,27)(H,24,26). The summed E-state index contributed by atoms with van der Waals surface area (Å²) in [6, 6.07) is 15.1. The molecule has 7 nitrogen and oxygen atoms in total. The first-order valence-electron chi connectivity index (χ1n) is 8.38. The fourth-order valence-electron chi connectivity index (χ4n) is 2.70. The third-order valence-corrected chi connectivity index (χ3v) is 4.00. The van der Waals surface area contributed by atoms with Crippen molar-refractivity contribution in [2.75, 3.05) is 5.32 Å². The van der Waals surface area contributed by atoms with Gasteiger partial charge in [-0.2, -0.15) is 0 Å². The SMILES string of the molecule is Cc1cc(C=O)cnc1-c1ccc(C(=O)Nc2ccccc2OC(N)=O)cc1. The van der Waals surface area contributed by atoms with E-state index in [9.17, 15) is 14.4 Å². The third kappa shape index (κ3) is 4.21. The highest BCUT2D eigenvalue weighted by Gasteiger charge is 2.12. The molecular weight excluding hydrogens is 358 g/mol. The fourth-order valence-corrected chi connectivity index (χ4v) is 2.70. The van der Waals surface area contributed by atoms with E-state index in [0.29, 0.717) is 16.8 Å². The number of primary amides is 1. The molecule has 0 aliphatic carbocycles. The molecule has 140 valence electrons. The number of hydrogen-bond acceptors (Lipinski definition) is 5. The van der Waals surface area contributed by atoms with Crippen molar-refractivity contribution >= 4 is 24.0 Å². The molecule has 0 aliphatic heterocycles. The Kier molecular flexibility index (Phi) is 5.45. The normalized spacial score (nSPS) is 10.2. The van der Waals surface area contributed by atoms with Gasteiger partial charge in [0.05, 0.1) is 11.4 Å². The Morgan fingerprint density at radius 2 is 1.82 bits per heavy atom. The summed E-state index contributed by atoms with van der Waals surface area (Å²) in [4.78, 5) is 38.6. The topological polar surface area (TPSA) is 111 Å². The number of amides is 2. The molecule has 0 atom stereocenters. The maximum atomic E-state index is 12.5. The number of pyridine rings is 1. The van der Waals surface area contributed by atoms with Gasteiger partial charge in [0.15, 0.2) is 12.0 Å². The Hall–Kier alpha value is -4.00. The number of benzene rings is 2. The number of nitrogens with zero attached hydrogens (tertiary/aromatic N) is 1. The molecule has 0 fully saturated rings. The minimum atomic E-state index is -0.963. The van der Waals surface area contributed by atoms with Crippen molar-refractivity contribution in [3.05, 3.63) is 77.5 Å². The zero-order valence-corrected chi connectivity index (χ0v) is 15.0. The molecule has 3 aromatic rings. The molecule has 2 amide bonds. The Bertz CT molecular complexity index is 1050. The molecule has 3 N–H and O–H groups in total. The number of hydrogen-bond donors (Lipinski definition) is 2. The molecule has 7 heteroatoms. The maximum Gasteiger partial charge on any atom is 0.410 e. The predicted molar refractivity (Wildman–Crippen MR) is 104 cm³/mol. The molecule has 2 aromatic carbocycles. The van der Waals surface area contributed by atoms with Crippen molar-refractivity contribution in [2.45, 2.75) is 6.92 Å². The first-order valence-corrected chi connectivity index (χ1v) is 8.38. The van der Waals surface area contributed by atoms with Gasteiger partial charge in [-0.05, 0) is 42.8 Å². The van der Waals surface area contributed by atoms with Gasteiger partial charge in [0.2, 0.25) is 0 Å². The fraction of sp³-hybridized carbons (Fsp3) is 0.0476. The molecule has 0 spiro atoms. The highest BCUT2D eigenvalue weighted by molar-refractivity contribution is 6.05. The van der Waals surface area contributed by atoms with Crippen LogP contribution in [0.2, 0.25) is 0 Å². The lowest BCUT2D eigenvalue weighted by Crippen LogP contribution is -2.18. The average Bonchev–Trinajstić information content (AvgIpc) is 2.69. The number of aldehydes is 1. The Morgan fingerprint density at radius 3 is 2.46 bits per heavy atom. The summed E-state index contributed by atoms with van der Waals surface area (Å²) in [6.45, 7) is 1.87. The van der Waals surface area contributed by atoms with Crippen molar-refractivity contribution < 1.29 is 19.1 Å². The van der Waals surface area contributed by atoms with Crippen LogP contribution in [-0.2, 0) is 0 Å². The van der Waals surface area contributed by atoms with Crippen molar-refractivity contribution in [2.24, 2.45) is 5.73 Å². The molecule has 0 bridgehead atoms. The number of aryl methyl sites for hydroxylation is 1. The van der Waals surface area contributed by atoms with Crippen LogP contribution in [0.1, 0.15) is 26.3 Å². The smallest absolute Gasteiger partial charge is 0.408 e. The van der Waals surface area contributed by atoms with E-state index in [1.54, 1.807) is 48.5 Å². The van der Waals surface area contributed by atoms with E-state index in [0.717, 1.165) is 23.1 Å². The predicted octanol–water partition coefficient (Wildman–Crippen LogP) is 3.58. The van der Waals surface area contributed by atoms with Crippen molar-refractivity contribution in [3.63, 3.8) is 0 Å². The second-order valence-electron chi connectivity index (χ2n) is 6.00. The first kappa shape index (κ1) is 18.8. The van der Waals surface area contributed by atoms with Crippen LogP contribution in [-0.4, -0.2) is 23.3 Å². The van der Waals surface area contributed by atoms with Gasteiger partial charge in [0.1, 0.15) is 0 Å². The molecule has 1 heterocycles. The van der Waals surface area contributed by atoms with Crippen LogP contribution >= 0.6 is 0 Å². The molecule has 3 rings (SSSR count). The van der Waals surface area contributed by atoms with E-state index >= 15 is 0 Å². The number of nitrogens with one attached hydrogen (secondary N) is 1. The Morgan fingerprint density at radius 1 is 1.11 bits per heavy atom. The van der Waals surface area contributed by atoms with Crippen LogP contribution in [0.5, 0.6) is 5.75 Å². The molecular formula is C21H17N3O4. The lowest BCUT2D eigenvalue weighted by Gasteiger charge is -2.11. The summed E-state index contributed by atoms with van der Waals surface area (Å²) in [6.07, 6.45) is 1.29. The third-order valence-electron chi connectivity index (χ3n) is 4.00. The highest BCUT2D eigenvalue weighted by Crippen LogP contribution is 2.25. The second-order valence-corrected chi connectivity index (χ2v) is 6.00. The van der Waals surface area contributed by atoms with Crippen LogP contribution in [0, 0.1) is 6.92 Å². The van der Waals surface area contributed by atoms with Gasteiger partial charge in [0.25, 0.3) is 5.91 Å². The lowest BCUT2D eigenvalue weighted by atomic mass is 10.0. The Labute approximate surface area is 161 Å². The molecule has 0 saturated carbocycles. The van der Waals surface area contributed by atoms with Crippen molar-refractivity contribution in [1.29, 1.82) is 0 Å². The summed E-state index contributed by atoms with van der Waals surface area (Å²) in [5.74, 6) is -0.205. The van der Waals surface area contributed by atoms with E-state index in [4.69, 9.17) is 10.5 Å². The van der Waals surface area contributed by atoms with E-state index in [-0.39, 0.29) is 11.7 Å². The Balaban J connectivity index is 1.80. The summed E-state index contributed by atoms with van der Waals surface area (Å²) in [5, 5.41) is 2.69. The van der Waals surface area contributed by atoms with Crippen LogP contribution in [0.15, 0.2) is 60.8 Å². The lowest BCUT2D eigenvalue weighted by molar-refractivity contribution is 0.102. The van der Waals surface area contributed by atoms with Gasteiger partial charge in [-0.15, -0.1) is 0 Å². The summed E-state index contributed by atoms with van der Waals surface area (Å²) >= 11 is 0. The van der Waals surface area contributed by atoms with Crippen LogP contribution in [0.25, 0.3) is 11.3 Å². The van der Waals surface area contributed by atoms with Gasteiger partial charge >= 0.3 is 6.09 Å². The molecule has 1 aromatic heterocycles. The summed E-state index contributed by atoms with van der Waals surface area (Å²) in [7, 11) is 0. The minimum absolute atomic E-state index is 0.162.